The van der Waals surface area contributed by atoms with Crippen molar-refractivity contribution in [3.8, 4) is 0 Å². The number of benzene rings is 2. The number of fused-ring (bicyclic) bond motifs is 1. The molecule has 2 aromatic carbocycles. The van der Waals surface area contributed by atoms with Crippen molar-refractivity contribution in [2.24, 2.45) is 0 Å². The number of rotatable bonds is 2. The molecule has 0 aromatic heterocycles. The maximum atomic E-state index is 13.0. The predicted molar refractivity (Wildman–Crippen MR) is 94.7 cm³/mol. The molecule has 2 heterocycles. The molecule has 1 fully saturated rings. The van der Waals surface area contributed by atoms with Gasteiger partial charge in [0.05, 0.1) is 5.69 Å². The lowest BCUT2D eigenvalue weighted by Crippen LogP contribution is -2.37. The second kappa shape index (κ2) is 5.95. The lowest BCUT2D eigenvalue weighted by Gasteiger charge is -2.29. The molecule has 2 aliphatic heterocycles. The van der Waals surface area contributed by atoms with Gasteiger partial charge < -0.3 is 4.90 Å². The fourth-order valence-corrected chi connectivity index (χ4v) is 3.79. The molecule has 0 unspecified atom stereocenters. The summed E-state index contributed by atoms with van der Waals surface area (Å²) in [5.74, 6) is -0.748. The second-order valence-electron chi connectivity index (χ2n) is 6.15. The maximum absolute atomic E-state index is 13.0. The predicted octanol–water partition coefficient (Wildman–Crippen LogP) is 3.65. The Morgan fingerprint density at radius 1 is 0.833 bits per heavy atom. The number of anilines is 1. The van der Waals surface area contributed by atoms with E-state index in [4.69, 9.17) is 11.6 Å². The quantitative estimate of drug-likeness (QED) is 0.783. The smallest absolute Gasteiger partial charge is 0.283 e. The van der Waals surface area contributed by atoms with Gasteiger partial charge >= 0.3 is 0 Å². The molecule has 122 valence electrons. The Hall–Kier alpha value is -2.33. The standard InChI is InChI=1S/C19H17ClN2O2/c20-16-17(21-11-4-1-5-12-21)19(24)22(18(16)23)15-10-6-8-13-7-2-3-9-14(13)15/h2-3,6-10H,1,4-5,11-12H2. The minimum atomic E-state index is -0.432. The summed E-state index contributed by atoms with van der Waals surface area (Å²) in [6, 6.07) is 13.3. The highest BCUT2D eigenvalue weighted by Crippen LogP contribution is 2.35. The largest absolute Gasteiger partial charge is 0.366 e. The van der Waals surface area contributed by atoms with Gasteiger partial charge in [0.1, 0.15) is 10.7 Å². The van der Waals surface area contributed by atoms with Crippen molar-refractivity contribution in [1.29, 1.82) is 0 Å². The number of hydrogen-bond acceptors (Lipinski definition) is 3. The van der Waals surface area contributed by atoms with Crippen LogP contribution in [-0.4, -0.2) is 29.8 Å². The van der Waals surface area contributed by atoms with Crippen molar-refractivity contribution < 1.29 is 9.59 Å². The van der Waals surface area contributed by atoms with E-state index < -0.39 is 5.91 Å². The fraction of sp³-hybridized carbons (Fsp3) is 0.263. The molecule has 4 rings (SSSR count). The Morgan fingerprint density at radius 2 is 1.54 bits per heavy atom. The molecule has 0 aliphatic carbocycles. The third kappa shape index (κ3) is 2.29. The first-order chi connectivity index (χ1) is 11.7. The zero-order valence-corrected chi connectivity index (χ0v) is 13.9. The summed E-state index contributed by atoms with van der Waals surface area (Å²) < 4.78 is 0. The highest BCUT2D eigenvalue weighted by molar-refractivity contribution is 6.53. The van der Waals surface area contributed by atoms with Crippen LogP contribution in [0.15, 0.2) is 53.2 Å². The molecule has 2 amide bonds. The zero-order valence-electron chi connectivity index (χ0n) is 13.2. The molecular formula is C19H17ClN2O2. The summed E-state index contributed by atoms with van der Waals surface area (Å²) in [6.45, 7) is 1.54. The number of amides is 2. The number of likely N-dealkylation sites (tertiary alicyclic amines) is 1. The summed E-state index contributed by atoms with van der Waals surface area (Å²) >= 11 is 6.28. The van der Waals surface area contributed by atoms with E-state index in [0.717, 1.165) is 43.1 Å². The summed E-state index contributed by atoms with van der Waals surface area (Å²) in [4.78, 5) is 28.9. The van der Waals surface area contributed by atoms with Gasteiger partial charge in [-0.3, -0.25) is 9.59 Å². The van der Waals surface area contributed by atoms with Crippen molar-refractivity contribution in [2.45, 2.75) is 19.3 Å². The molecule has 1 saturated heterocycles. The van der Waals surface area contributed by atoms with Crippen LogP contribution in [0.5, 0.6) is 0 Å². The van der Waals surface area contributed by atoms with Crippen LogP contribution >= 0.6 is 11.6 Å². The first-order valence-corrected chi connectivity index (χ1v) is 8.57. The van der Waals surface area contributed by atoms with Crippen LogP contribution in [0.25, 0.3) is 10.8 Å². The molecule has 24 heavy (non-hydrogen) atoms. The number of piperidine rings is 1. The molecule has 0 spiro atoms. The lowest BCUT2D eigenvalue weighted by atomic mass is 10.1. The molecule has 0 atom stereocenters. The van der Waals surface area contributed by atoms with E-state index in [0.29, 0.717) is 11.4 Å². The van der Waals surface area contributed by atoms with Crippen molar-refractivity contribution in [3.05, 3.63) is 53.2 Å². The molecule has 4 nitrogen and oxygen atoms in total. The summed E-state index contributed by atoms with van der Waals surface area (Å²) in [6.07, 6.45) is 3.18. The number of imide groups is 1. The molecule has 0 bridgehead atoms. The summed E-state index contributed by atoms with van der Waals surface area (Å²) in [5.41, 5.74) is 0.947. The van der Waals surface area contributed by atoms with Crippen LogP contribution in [-0.2, 0) is 9.59 Å². The minimum Gasteiger partial charge on any atom is -0.366 e. The van der Waals surface area contributed by atoms with Crippen molar-refractivity contribution in [3.63, 3.8) is 0 Å². The number of carbonyl (C=O) groups is 2. The van der Waals surface area contributed by atoms with Crippen LogP contribution < -0.4 is 4.90 Å². The van der Waals surface area contributed by atoms with Crippen molar-refractivity contribution >= 4 is 39.9 Å². The van der Waals surface area contributed by atoms with Crippen LogP contribution in [0.3, 0.4) is 0 Å². The van der Waals surface area contributed by atoms with E-state index in [-0.39, 0.29) is 10.9 Å². The first-order valence-electron chi connectivity index (χ1n) is 8.20. The van der Waals surface area contributed by atoms with Crippen LogP contribution in [0.4, 0.5) is 5.69 Å². The van der Waals surface area contributed by atoms with E-state index in [1.54, 1.807) is 6.07 Å². The molecule has 2 aromatic rings. The lowest BCUT2D eigenvalue weighted by molar-refractivity contribution is -0.121. The Morgan fingerprint density at radius 3 is 2.33 bits per heavy atom. The Bertz CT molecular complexity index is 863. The third-order valence-electron chi connectivity index (χ3n) is 4.68. The Kier molecular flexibility index (Phi) is 3.77. The average molecular weight is 341 g/mol. The van der Waals surface area contributed by atoms with E-state index in [1.165, 1.54) is 4.90 Å². The highest BCUT2D eigenvalue weighted by Gasteiger charge is 2.41. The fourth-order valence-electron chi connectivity index (χ4n) is 3.51. The van der Waals surface area contributed by atoms with Crippen molar-refractivity contribution in [2.75, 3.05) is 18.0 Å². The van der Waals surface area contributed by atoms with Crippen LogP contribution in [0, 0.1) is 0 Å². The van der Waals surface area contributed by atoms with Gasteiger partial charge in [-0.05, 0) is 30.7 Å². The molecule has 0 saturated carbocycles. The van der Waals surface area contributed by atoms with Crippen LogP contribution in [0.2, 0.25) is 0 Å². The Labute approximate surface area is 145 Å². The number of carbonyl (C=O) groups excluding carboxylic acids is 2. The SMILES string of the molecule is O=C1C(Cl)=C(N2CCCCC2)C(=O)N1c1cccc2ccccc12. The highest BCUT2D eigenvalue weighted by atomic mass is 35.5. The zero-order chi connectivity index (χ0) is 16.7. The van der Waals surface area contributed by atoms with E-state index >= 15 is 0 Å². The van der Waals surface area contributed by atoms with Gasteiger partial charge in [0.2, 0.25) is 0 Å². The molecule has 5 heteroatoms. The molecular weight excluding hydrogens is 324 g/mol. The minimum absolute atomic E-state index is 0.0369. The van der Waals surface area contributed by atoms with Gasteiger partial charge in [0, 0.05) is 18.5 Å². The van der Waals surface area contributed by atoms with Gasteiger partial charge in [0.15, 0.2) is 0 Å². The van der Waals surface area contributed by atoms with Gasteiger partial charge in [-0.2, -0.15) is 0 Å². The first kappa shape index (κ1) is 15.2. The van der Waals surface area contributed by atoms with Gasteiger partial charge in [-0.15, -0.1) is 0 Å². The van der Waals surface area contributed by atoms with Gasteiger partial charge in [0.25, 0.3) is 11.8 Å². The molecule has 0 N–H and O–H groups in total. The maximum Gasteiger partial charge on any atom is 0.283 e. The molecule has 2 aliphatic rings. The van der Waals surface area contributed by atoms with E-state index in [2.05, 4.69) is 0 Å². The topological polar surface area (TPSA) is 40.6 Å². The third-order valence-corrected chi connectivity index (χ3v) is 5.02. The van der Waals surface area contributed by atoms with Gasteiger partial charge in [-0.25, -0.2) is 4.90 Å². The normalized spacial score (nSPS) is 18.9. The van der Waals surface area contributed by atoms with Crippen molar-refractivity contribution in [1.82, 2.24) is 4.90 Å². The molecule has 0 radical (unpaired) electrons. The number of nitrogens with zero attached hydrogens (tertiary/aromatic N) is 2. The summed E-state index contributed by atoms with van der Waals surface area (Å²) in [5, 5.41) is 1.89. The average Bonchev–Trinajstić information content (AvgIpc) is 2.84. The Balaban J connectivity index is 1.78. The van der Waals surface area contributed by atoms with Gasteiger partial charge in [-0.1, -0.05) is 48.0 Å². The van der Waals surface area contributed by atoms with E-state index in [1.807, 2.05) is 41.3 Å². The monoisotopic (exact) mass is 340 g/mol. The van der Waals surface area contributed by atoms with Crippen LogP contribution in [0.1, 0.15) is 19.3 Å². The number of halogens is 1. The van der Waals surface area contributed by atoms with E-state index in [9.17, 15) is 9.59 Å². The second-order valence-corrected chi connectivity index (χ2v) is 6.53. The summed E-state index contributed by atoms with van der Waals surface area (Å²) in [7, 11) is 0. The number of hydrogen-bond donors (Lipinski definition) is 0.